The van der Waals surface area contributed by atoms with Crippen molar-refractivity contribution in [2.75, 3.05) is 13.1 Å². The molecule has 1 aliphatic rings. The lowest BCUT2D eigenvalue weighted by atomic mass is 9.91. The summed E-state index contributed by atoms with van der Waals surface area (Å²) in [4.78, 5) is 0. The lowest BCUT2D eigenvalue weighted by molar-refractivity contribution is -0.0543. The standard InChI is InChI=1S/C7H14FNO2.ClH/c1-4(8)5-2-9-3-6(10)7(5)11;/h4-7,9-11H,2-3H2,1H3;1H/t4-,5+,6+,7+;/m0./s1. The lowest BCUT2D eigenvalue weighted by Crippen LogP contribution is -2.52. The first-order valence-electron chi connectivity index (χ1n) is 3.84. The van der Waals surface area contributed by atoms with Crippen molar-refractivity contribution >= 4 is 12.4 Å². The Morgan fingerprint density at radius 3 is 2.42 bits per heavy atom. The van der Waals surface area contributed by atoms with Crippen molar-refractivity contribution in [1.29, 1.82) is 0 Å². The molecule has 3 nitrogen and oxygen atoms in total. The van der Waals surface area contributed by atoms with Gasteiger partial charge >= 0.3 is 0 Å². The van der Waals surface area contributed by atoms with Crippen molar-refractivity contribution in [2.45, 2.75) is 25.3 Å². The molecule has 1 saturated heterocycles. The monoisotopic (exact) mass is 199 g/mol. The van der Waals surface area contributed by atoms with Crippen molar-refractivity contribution in [2.24, 2.45) is 5.92 Å². The minimum Gasteiger partial charge on any atom is -0.390 e. The summed E-state index contributed by atoms with van der Waals surface area (Å²) in [6.07, 6.45) is -2.82. The van der Waals surface area contributed by atoms with Gasteiger partial charge in [-0.05, 0) is 6.92 Å². The molecule has 0 aromatic carbocycles. The highest BCUT2D eigenvalue weighted by Gasteiger charge is 2.33. The number of rotatable bonds is 1. The smallest absolute Gasteiger partial charge is 0.104 e. The van der Waals surface area contributed by atoms with Gasteiger partial charge in [0.1, 0.15) is 6.17 Å². The summed E-state index contributed by atoms with van der Waals surface area (Å²) in [5, 5.41) is 21.2. The van der Waals surface area contributed by atoms with Gasteiger partial charge in [0.05, 0.1) is 12.2 Å². The molecule has 1 rings (SSSR count). The summed E-state index contributed by atoms with van der Waals surface area (Å²) < 4.78 is 12.7. The fourth-order valence-corrected chi connectivity index (χ4v) is 1.36. The van der Waals surface area contributed by atoms with Gasteiger partial charge in [-0.15, -0.1) is 12.4 Å². The molecule has 74 valence electrons. The summed E-state index contributed by atoms with van der Waals surface area (Å²) in [6, 6.07) is 0. The van der Waals surface area contributed by atoms with Gasteiger partial charge in [-0.1, -0.05) is 0 Å². The van der Waals surface area contributed by atoms with Gasteiger partial charge < -0.3 is 15.5 Å². The summed E-state index contributed by atoms with van der Waals surface area (Å²) in [5.41, 5.74) is 0. The maximum atomic E-state index is 12.7. The van der Waals surface area contributed by atoms with Crippen molar-refractivity contribution in [3.8, 4) is 0 Å². The summed E-state index contributed by atoms with van der Waals surface area (Å²) in [6.45, 7) is 2.19. The average molecular weight is 200 g/mol. The Hall–Kier alpha value is 0.1000. The molecular weight excluding hydrogens is 185 g/mol. The highest BCUT2D eigenvalue weighted by molar-refractivity contribution is 5.85. The van der Waals surface area contributed by atoms with Crippen LogP contribution in [0, 0.1) is 5.92 Å². The Balaban J connectivity index is 0.00000121. The summed E-state index contributed by atoms with van der Waals surface area (Å²) in [7, 11) is 0. The fraction of sp³-hybridized carbons (Fsp3) is 1.00. The van der Waals surface area contributed by atoms with Crippen LogP contribution in [0.5, 0.6) is 0 Å². The van der Waals surface area contributed by atoms with Crippen LogP contribution in [-0.2, 0) is 0 Å². The van der Waals surface area contributed by atoms with Gasteiger partial charge in [0.2, 0.25) is 0 Å². The Labute approximate surface area is 77.4 Å². The minimum absolute atomic E-state index is 0. The highest BCUT2D eigenvalue weighted by Crippen LogP contribution is 2.17. The van der Waals surface area contributed by atoms with Crippen LogP contribution in [0.3, 0.4) is 0 Å². The third-order valence-corrected chi connectivity index (χ3v) is 2.16. The molecule has 12 heavy (non-hydrogen) atoms. The normalized spacial score (nSPS) is 38.5. The second-order valence-electron chi connectivity index (χ2n) is 3.06. The molecule has 0 bridgehead atoms. The predicted octanol–water partition coefficient (Wildman–Crippen LogP) is -0.293. The molecule has 0 unspecified atom stereocenters. The molecular formula is C7H15ClFNO2. The molecule has 0 amide bonds. The molecule has 1 aliphatic heterocycles. The fourth-order valence-electron chi connectivity index (χ4n) is 1.36. The van der Waals surface area contributed by atoms with Crippen LogP contribution in [-0.4, -0.2) is 41.7 Å². The number of hydrogen-bond acceptors (Lipinski definition) is 3. The van der Waals surface area contributed by atoms with Gasteiger partial charge in [0, 0.05) is 19.0 Å². The van der Waals surface area contributed by atoms with E-state index in [4.69, 9.17) is 5.11 Å². The highest BCUT2D eigenvalue weighted by atomic mass is 35.5. The van der Waals surface area contributed by atoms with Crippen LogP contribution in [0.15, 0.2) is 0 Å². The number of piperidine rings is 1. The zero-order valence-corrected chi connectivity index (χ0v) is 7.72. The molecule has 3 N–H and O–H groups in total. The van der Waals surface area contributed by atoms with E-state index in [9.17, 15) is 9.50 Å². The second kappa shape index (κ2) is 4.97. The quantitative estimate of drug-likeness (QED) is 0.544. The van der Waals surface area contributed by atoms with E-state index in [0.29, 0.717) is 13.1 Å². The first-order chi connectivity index (χ1) is 5.13. The molecule has 0 aromatic rings. The molecule has 5 heteroatoms. The van der Waals surface area contributed by atoms with Gasteiger partial charge in [-0.3, -0.25) is 0 Å². The van der Waals surface area contributed by atoms with Crippen LogP contribution >= 0.6 is 12.4 Å². The molecule has 1 heterocycles. The Kier molecular flexibility index (Phi) is 5.01. The largest absolute Gasteiger partial charge is 0.390 e. The first-order valence-corrected chi connectivity index (χ1v) is 3.84. The zero-order chi connectivity index (χ0) is 8.43. The number of nitrogens with one attached hydrogen (secondary N) is 1. The van der Waals surface area contributed by atoms with Crippen molar-refractivity contribution in [1.82, 2.24) is 5.32 Å². The summed E-state index contributed by atoms with van der Waals surface area (Å²) >= 11 is 0. The number of halogens is 2. The van der Waals surface area contributed by atoms with E-state index in [1.807, 2.05) is 0 Å². The van der Waals surface area contributed by atoms with Crippen LogP contribution < -0.4 is 5.32 Å². The van der Waals surface area contributed by atoms with E-state index in [0.717, 1.165) is 0 Å². The second-order valence-corrected chi connectivity index (χ2v) is 3.06. The van der Waals surface area contributed by atoms with Crippen LogP contribution in [0.2, 0.25) is 0 Å². The molecule has 0 aliphatic carbocycles. The SMILES string of the molecule is C[C@H](F)[C@H]1CNC[C@@H](O)[C@@H]1O.Cl. The molecule has 0 spiro atoms. The van der Waals surface area contributed by atoms with Crippen molar-refractivity contribution in [3.63, 3.8) is 0 Å². The third-order valence-electron chi connectivity index (χ3n) is 2.16. The molecule has 1 fully saturated rings. The van der Waals surface area contributed by atoms with E-state index < -0.39 is 24.3 Å². The minimum atomic E-state index is -1.08. The molecule has 0 saturated carbocycles. The van der Waals surface area contributed by atoms with E-state index in [1.165, 1.54) is 6.92 Å². The van der Waals surface area contributed by atoms with E-state index in [1.54, 1.807) is 0 Å². The van der Waals surface area contributed by atoms with Gasteiger partial charge in [-0.25, -0.2) is 4.39 Å². The van der Waals surface area contributed by atoms with Crippen molar-refractivity contribution < 1.29 is 14.6 Å². The number of aliphatic hydroxyl groups excluding tert-OH is 2. The number of hydrogen-bond donors (Lipinski definition) is 3. The van der Waals surface area contributed by atoms with Crippen LogP contribution in [0.4, 0.5) is 4.39 Å². The first kappa shape index (κ1) is 12.1. The lowest BCUT2D eigenvalue weighted by Gasteiger charge is -2.33. The Morgan fingerprint density at radius 1 is 1.42 bits per heavy atom. The predicted molar refractivity (Wildman–Crippen MR) is 46.2 cm³/mol. The maximum Gasteiger partial charge on any atom is 0.104 e. The average Bonchev–Trinajstić information content (AvgIpc) is 1.94. The Bertz CT molecular complexity index is 137. The molecule has 0 aromatic heterocycles. The third kappa shape index (κ3) is 2.55. The topological polar surface area (TPSA) is 52.5 Å². The molecule has 0 radical (unpaired) electrons. The van der Waals surface area contributed by atoms with E-state index >= 15 is 0 Å². The van der Waals surface area contributed by atoms with Gasteiger partial charge in [0.25, 0.3) is 0 Å². The van der Waals surface area contributed by atoms with Gasteiger partial charge in [-0.2, -0.15) is 0 Å². The van der Waals surface area contributed by atoms with Crippen molar-refractivity contribution in [3.05, 3.63) is 0 Å². The number of alkyl halides is 1. The summed E-state index contributed by atoms with van der Waals surface area (Å²) in [5.74, 6) is -0.473. The van der Waals surface area contributed by atoms with Gasteiger partial charge in [0.15, 0.2) is 0 Å². The Morgan fingerprint density at radius 2 is 2.00 bits per heavy atom. The molecule has 4 atom stereocenters. The van der Waals surface area contributed by atoms with Crippen LogP contribution in [0.1, 0.15) is 6.92 Å². The zero-order valence-electron chi connectivity index (χ0n) is 6.90. The number of aliphatic hydroxyl groups is 2. The van der Waals surface area contributed by atoms with E-state index in [-0.39, 0.29) is 12.4 Å². The number of β-amino-alcohol motifs (C(OH)–C–C–N with tert-alkyl or cyclic N) is 1. The van der Waals surface area contributed by atoms with Crippen LogP contribution in [0.25, 0.3) is 0 Å². The van der Waals surface area contributed by atoms with E-state index in [2.05, 4.69) is 5.32 Å². The maximum absolute atomic E-state index is 12.7.